The van der Waals surface area contributed by atoms with Gasteiger partial charge in [0.2, 0.25) is 0 Å². The fourth-order valence-electron chi connectivity index (χ4n) is 3.46. The largest absolute Gasteiger partial charge is 0.322 e. The zero-order chi connectivity index (χ0) is 16.0. The van der Waals surface area contributed by atoms with Crippen LogP contribution in [0, 0.1) is 13.8 Å². The van der Waals surface area contributed by atoms with E-state index in [0.29, 0.717) is 0 Å². The van der Waals surface area contributed by atoms with Crippen LogP contribution in [0.25, 0.3) is 10.8 Å². The Hall–Kier alpha value is -2.61. The Morgan fingerprint density at radius 1 is 0.913 bits per heavy atom. The molecule has 0 atom stereocenters. The molecule has 1 N–H and O–H groups in total. The van der Waals surface area contributed by atoms with E-state index in [-0.39, 0.29) is 5.91 Å². The fraction of sp³-hybridized carbons (Fsp3) is 0.190. The van der Waals surface area contributed by atoms with E-state index in [0.717, 1.165) is 29.5 Å². The Kier molecular flexibility index (Phi) is 3.19. The van der Waals surface area contributed by atoms with Gasteiger partial charge in [-0.15, -0.1) is 0 Å². The van der Waals surface area contributed by atoms with Crippen molar-refractivity contribution in [3.63, 3.8) is 0 Å². The summed E-state index contributed by atoms with van der Waals surface area (Å²) >= 11 is 0. The van der Waals surface area contributed by atoms with E-state index >= 15 is 0 Å². The molecule has 0 saturated carbocycles. The molecule has 114 valence electrons. The molecular weight excluding hydrogens is 282 g/mol. The normalized spacial score (nSPS) is 12.6. The maximum Gasteiger partial charge on any atom is 0.256 e. The van der Waals surface area contributed by atoms with Crippen LogP contribution in [0.15, 0.2) is 48.5 Å². The van der Waals surface area contributed by atoms with Crippen molar-refractivity contribution in [2.24, 2.45) is 0 Å². The maximum atomic E-state index is 12.8. The number of carbonyl (C=O) groups is 1. The van der Waals surface area contributed by atoms with E-state index in [2.05, 4.69) is 43.4 Å². The lowest BCUT2D eigenvalue weighted by Crippen LogP contribution is -2.12. The number of hydrogen-bond donors (Lipinski definition) is 1. The van der Waals surface area contributed by atoms with Crippen LogP contribution in [-0.4, -0.2) is 5.91 Å². The number of nitrogens with one attached hydrogen (secondary N) is 1. The molecule has 0 aliphatic heterocycles. The van der Waals surface area contributed by atoms with Crippen LogP contribution < -0.4 is 5.32 Å². The number of hydrogen-bond acceptors (Lipinski definition) is 1. The molecule has 0 spiro atoms. The average Bonchev–Trinajstić information content (AvgIpc) is 2.97. The first-order chi connectivity index (χ1) is 11.1. The maximum absolute atomic E-state index is 12.8. The predicted octanol–water partition coefficient (Wildman–Crippen LogP) is 4.81. The minimum Gasteiger partial charge on any atom is -0.322 e. The molecule has 3 aromatic carbocycles. The van der Waals surface area contributed by atoms with Crippen molar-refractivity contribution in [1.29, 1.82) is 0 Å². The van der Waals surface area contributed by atoms with Crippen molar-refractivity contribution >= 4 is 22.4 Å². The van der Waals surface area contributed by atoms with Gasteiger partial charge in [-0.3, -0.25) is 4.79 Å². The van der Waals surface area contributed by atoms with E-state index in [1.54, 1.807) is 0 Å². The van der Waals surface area contributed by atoms with Gasteiger partial charge < -0.3 is 5.32 Å². The van der Waals surface area contributed by atoms with Gasteiger partial charge in [-0.1, -0.05) is 30.3 Å². The van der Waals surface area contributed by atoms with Gasteiger partial charge in [-0.2, -0.15) is 0 Å². The molecule has 1 aliphatic carbocycles. The third kappa shape index (κ3) is 2.31. The minimum atomic E-state index is -0.0381. The summed E-state index contributed by atoms with van der Waals surface area (Å²) in [6.45, 7) is 4.13. The van der Waals surface area contributed by atoms with Crippen LogP contribution in [0.1, 0.15) is 32.6 Å². The highest BCUT2D eigenvalue weighted by molar-refractivity contribution is 6.14. The van der Waals surface area contributed by atoms with Gasteiger partial charge in [0.05, 0.1) is 0 Å². The molecule has 0 fully saturated rings. The lowest BCUT2D eigenvalue weighted by Gasteiger charge is -2.11. The summed E-state index contributed by atoms with van der Waals surface area (Å²) in [5.41, 5.74) is 6.74. The third-order valence-electron chi connectivity index (χ3n) is 4.89. The van der Waals surface area contributed by atoms with Gasteiger partial charge in [0, 0.05) is 11.3 Å². The molecule has 0 bridgehead atoms. The Balaban J connectivity index is 1.74. The molecule has 0 saturated heterocycles. The molecule has 4 rings (SSSR count). The van der Waals surface area contributed by atoms with Crippen molar-refractivity contribution in [3.05, 3.63) is 76.3 Å². The Bertz CT molecular complexity index is 930. The van der Waals surface area contributed by atoms with E-state index in [1.807, 2.05) is 24.3 Å². The average molecular weight is 301 g/mol. The number of benzene rings is 3. The van der Waals surface area contributed by atoms with Gasteiger partial charge in [0.1, 0.15) is 0 Å². The lowest BCUT2D eigenvalue weighted by molar-refractivity contribution is 0.102. The highest BCUT2D eigenvalue weighted by atomic mass is 16.1. The first-order valence-electron chi connectivity index (χ1n) is 8.05. The van der Waals surface area contributed by atoms with Crippen molar-refractivity contribution < 1.29 is 4.79 Å². The molecule has 1 aliphatic rings. The quantitative estimate of drug-likeness (QED) is 0.723. The van der Waals surface area contributed by atoms with Crippen LogP contribution >= 0.6 is 0 Å². The highest BCUT2D eigenvalue weighted by Crippen LogP contribution is 2.33. The second-order valence-electron chi connectivity index (χ2n) is 6.37. The van der Waals surface area contributed by atoms with E-state index in [4.69, 9.17) is 0 Å². The lowest BCUT2D eigenvalue weighted by atomic mass is 9.99. The van der Waals surface area contributed by atoms with Crippen molar-refractivity contribution in [2.75, 3.05) is 5.32 Å². The van der Waals surface area contributed by atoms with Crippen molar-refractivity contribution in [1.82, 2.24) is 0 Å². The van der Waals surface area contributed by atoms with E-state index in [1.165, 1.54) is 27.6 Å². The van der Waals surface area contributed by atoms with E-state index in [9.17, 15) is 4.79 Å². The number of aryl methyl sites for hydroxylation is 4. The molecule has 23 heavy (non-hydrogen) atoms. The summed E-state index contributed by atoms with van der Waals surface area (Å²) in [6.07, 6.45) is 2.16. The second kappa shape index (κ2) is 5.24. The van der Waals surface area contributed by atoms with Gasteiger partial charge in [-0.25, -0.2) is 0 Å². The predicted molar refractivity (Wildman–Crippen MR) is 95.2 cm³/mol. The molecule has 3 aromatic rings. The molecule has 0 aromatic heterocycles. The molecule has 2 heteroatoms. The Morgan fingerprint density at radius 2 is 1.70 bits per heavy atom. The second-order valence-corrected chi connectivity index (χ2v) is 6.37. The molecule has 0 unspecified atom stereocenters. The van der Waals surface area contributed by atoms with Gasteiger partial charge >= 0.3 is 0 Å². The van der Waals surface area contributed by atoms with Crippen molar-refractivity contribution in [3.8, 4) is 0 Å². The van der Waals surface area contributed by atoms with Gasteiger partial charge in [-0.05, 0) is 77.9 Å². The smallest absolute Gasteiger partial charge is 0.256 e. The minimum absolute atomic E-state index is 0.0381. The molecule has 1 amide bonds. The fourth-order valence-corrected chi connectivity index (χ4v) is 3.46. The Morgan fingerprint density at radius 3 is 2.48 bits per heavy atom. The summed E-state index contributed by atoms with van der Waals surface area (Å²) in [7, 11) is 0. The topological polar surface area (TPSA) is 29.1 Å². The monoisotopic (exact) mass is 301 g/mol. The zero-order valence-corrected chi connectivity index (χ0v) is 13.4. The summed E-state index contributed by atoms with van der Waals surface area (Å²) < 4.78 is 0. The van der Waals surface area contributed by atoms with Crippen LogP contribution in [0.5, 0.6) is 0 Å². The van der Waals surface area contributed by atoms with Crippen molar-refractivity contribution in [2.45, 2.75) is 26.7 Å². The highest BCUT2D eigenvalue weighted by Gasteiger charge is 2.18. The summed E-state index contributed by atoms with van der Waals surface area (Å²) in [5, 5.41) is 5.39. The summed E-state index contributed by atoms with van der Waals surface area (Å²) in [6, 6.07) is 16.4. The Labute approximate surface area is 136 Å². The van der Waals surface area contributed by atoms with Gasteiger partial charge in [0.25, 0.3) is 5.91 Å². The first-order valence-corrected chi connectivity index (χ1v) is 8.05. The number of anilines is 1. The first kappa shape index (κ1) is 14.0. The third-order valence-corrected chi connectivity index (χ3v) is 4.89. The SMILES string of the molecule is Cc1ccc(NC(=O)c2ccc3c4c(cccc24)CC3)cc1C. The summed E-state index contributed by atoms with van der Waals surface area (Å²) in [4.78, 5) is 12.8. The van der Waals surface area contributed by atoms with Crippen LogP contribution in [0.3, 0.4) is 0 Å². The molecule has 2 nitrogen and oxygen atoms in total. The van der Waals surface area contributed by atoms with E-state index < -0.39 is 0 Å². The number of carbonyl (C=O) groups excluding carboxylic acids is 1. The van der Waals surface area contributed by atoms with Crippen LogP contribution in [-0.2, 0) is 12.8 Å². The zero-order valence-electron chi connectivity index (χ0n) is 13.4. The molecule has 0 heterocycles. The van der Waals surface area contributed by atoms with Crippen LogP contribution in [0.4, 0.5) is 5.69 Å². The molecular formula is C21H19NO. The number of amides is 1. The van der Waals surface area contributed by atoms with Crippen LogP contribution in [0.2, 0.25) is 0 Å². The molecule has 0 radical (unpaired) electrons. The standard InChI is InChI=1S/C21H19NO/c1-13-6-10-17(12-14(13)2)22-21(23)19-11-9-16-8-7-15-4-3-5-18(19)20(15)16/h3-6,9-12H,7-8H2,1-2H3,(H,22,23). The summed E-state index contributed by atoms with van der Waals surface area (Å²) in [5.74, 6) is -0.0381. The number of rotatable bonds is 2. The van der Waals surface area contributed by atoms with Gasteiger partial charge in [0.15, 0.2) is 0 Å².